The van der Waals surface area contributed by atoms with E-state index in [4.69, 9.17) is 0 Å². The molecule has 3 rings (SSSR count). The minimum atomic E-state index is -0.563. The molecular formula is C14H15NOS. The number of benzene rings is 1. The monoisotopic (exact) mass is 245 g/mol. The van der Waals surface area contributed by atoms with Crippen LogP contribution in [0, 0.1) is 0 Å². The quantitative estimate of drug-likeness (QED) is 0.898. The Balaban J connectivity index is 1.96. The maximum Gasteiger partial charge on any atom is 0.131 e. The van der Waals surface area contributed by atoms with Crippen molar-refractivity contribution in [2.45, 2.75) is 31.3 Å². The highest BCUT2D eigenvalue weighted by atomic mass is 32.1. The molecule has 1 heterocycles. The average molecular weight is 245 g/mol. The molecule has 2 aromatic rings. The molecule has 1 aliphatic rings. The number of nitrogens with zero attached hydrogens (tertiary/aromatic N) is 1. The second kappa shape index (κ2) is 4.59. The Labute approximate surface area is 105 Å². The first-order valence-corrected chi connectivity index (χ1v) is 6.90. The zero-order chi connectivity index (χ0) is 11.7. The average Bonchev–Trinajstić information content (AvgIpc) is 2.80. The molecule has 1 N–H and O–H groups in total. The van der Waals surface area contributed by atoms with Gasteiger partial charge in [-0.15, -0.1) is 11.3 Å². The van der Waals surface area contributed by atoms with E-state index in [1.54, 1.807) is 6.20 Å². The highest BCUT2D eigenvalue weighted by Crippen LogP contribution is 2.40. The molecule has 17 heavy (non-hydrogen) atoms. The third-order valence-electron chi connectivity index (χ3n) is 3.52. The Morgan fingerprint density at radius 3 is 2.76 bits per heavy atom. The van der Waals surface area contributed by atoms with Crippen LogP contribution < -0.4 is 0 Å². The van der Waals surface area contributed by atoms with Gasteiger partial charge in [-0.1, -0.05) is 30.7 Å². The summed E-state index contributed by atoms with van der Waals surface area (Å²) in [6.45, 7) is 0. The van der Waals surface area contributed by atoms with Gasteiger partial charge in [0.05, 0.1) is 0 Å². The third-order valence-corrected chi connectivity index (χ3v) is 4.35. The van der Waals surface area contributed by atoms with Crippen molar-refractivity contribution in [3.63, 3.8) is 0 Å². The molecule has 1 fully saturated rings. The van der Waals surface area contributed by atoms with E-state index < -0.39 is 6.10 Å². The summed E-state index contributed by atoms with van der Waals surface area (Å²) in [6, 6.07) is 8.23. The molecule has 0 aliphatic heterocycles. The molecule has 0 bridgehead atoms. The van der Waals surface area contributed by atoms with E-state index in [-0.39, 0.29) is 0 Å². The molecule has 3 heteroatoms. The zero-order valence-corrected chi connectivity index (χ0v) is 10.4. The Bertz CT molecular complexity index is 491. The van der Waals surface area contributed by atoms with E-state index in [2.05, 4.69) is 17.1 Å². The van der Waals surface area contributed by atoms with E-state index >= 15 is 0 Å². The third kappa shape index (κ3) is 2.01. The van der Waals surface area contributed by atoms with Crippen molar-refractivity contribution in [3.8, 4) is 0 Å². The molecule has 1 unspecified atom stereocenters. The van der Waals surface area contributed by atoms with Gasteiger partial charge in [0.15, 0.2) is 0 Å². The molecule has 0 amide bonds. The normalized spacial score (nSPS) is 17.7. The number of rotatable bonds is 3. The molecule has 1 saturated carbocycles. The predicted molar refractivity (Wildman–Crippen MR) is 69.2 cm³/mol. The van der Waals surface area contributed by atoms with Gasteiger partial charge in [-0.3, -0.25) is 0 Å². The SMILES string of the molecule is OC(c1nccs1)c1ccccc1C1CCC1. The second-order valence-electron chi connectivity index (χ2n) is 4.53. The summed E-state index contributed by atoms with van der Waals surface area (Å²) in [4.78, 5) is 4.21. The van der Waals surface area contributed by atoms with Crippen LogP contribution in [-0.4, -0.2) is 10.1 Å². The Morgan fingerprint density at radius 1 is 1.29 bits per heavy atom. The molecule has 1 aliphatic carbocycles. The zero-order valence-electron chi connectivity index (χ0n) is 9.54. The van der Waals surface area contributed by atoms with Crippen molar-refractivity contribution in [2.75, 3.05) is 0 Å². The minimum absolute atomic E-state index is 0.563. The predicted octanol–water partition coefficient (Wildman–Crippen LogP) is 3.49. The molecule has 1 aromatic carbocycles. The van der Waals surface area contributed by atoms with Crippen LogP contribution in [0.1, 0.15) is 47.4 Å². The van der Waals surface area contributed by atoms with Crippen molar-refractivity contribution in [2.24, 2.45) is 0 Å². The van der Waals surface area contributed by atoms with Crippen LogP contribution in [0.4, 0.5) is 0 Å². The molecular weight excluding hydrogens is 230 g/mol. The van der Waals surface area contributed by atoms with Crippen molar-refractivity contribution < 1.29 is 5.11 Å². The molecule has 0 saturated heterocycles. The largest absolute Gasteiger partial charge is 0.381 e. The van der Waals surface area contributed by atoms with Crippen molar-refractivity contribution in [1.82, 2.24) is 4.98 Å². The van der Waals surface area contributed by atoms with Crippen molar-refractivity contribution in [3.05, 3.63) is 52.0 Å². The first kappa shape index (κ1) is 10.9. The first-order chi connectivity index (χ1) is 8.36. The van der Waals surface area contributed by atoms with E-state index in [1.165, 1.54) is 36.2 Å². The summed E-state index contributed by atoms with van der Waals surface area (Å²) in [5.74, 6) is 0.640. The number of aliphatic hydroxyl groups excluding tert-OH is 1. The summed E-state index contributed by atoms with van der Waals surface area (Å²) in [5.41, 5.74) is 2.34. The van der Waals surface area contributed by atoms with Crippen LogP contribution in [-0.2, 0) is 0 Å². The smallest absolute Gasteiger partial charge is 0.131 e. The van der Waals surface area contributed by atoms with Gasteiger partial charge >= 0.3 is 0 Å². The highest BCUT2D eigenvalue weighted by molar-refractivity contribution is 7.09. The maximum absolute atomic E-state index is 10.4. The molecule has 1 atom stereocenters. The van der Waals surface area contributed by atoms with Crippen molar-refractivity contribution >= 4 is 11.3 Å². The number of aliphatic hydroxyl groups is 1. The van der Waals surface area contributed by atoms with Crippen LogP contribution in [0.3, 0.4) is 0 Å². The summed E-state index contributed by atoms with van der Waals surface area (Å²) in [7, 11) is 0. The lowest BCUT2D eigenvalue weighted by Crippen LogP contribution is -2.13. The Hall–Kier alpha value is -1.19. The van der Waals surface area contributed by atoms with Gasteiger partial charge in [-0.25, -0.2) is 4.98 Å². The van der Waals surface area contributed by atoms with E-state index in [0.717, 1.165) is 10.6 Å². The fourth-order valence-electron chi connectivity index (χ4n) is 2.35. The van der Waals surface area contributed by atoms with Crippen LogP contribution in [0.2, 0.25) is 0 Å². The Morgan fingerprint density at radius 2 is 2.12 bits per heavy atom. The topological polar surface area (TPSA) is 33.1 Å². The molecule has 88 valence electrons. The fraction of sp³-hybridized carbons (Fsp3) is 0.357. The number of hydrogen-bond donors (Lipinski definition) is 1. The lowest BCUT2D eigenvalue weighted by Gasteiger charge is -2.28. The molecule has 0 radical (unpaired) electrons. The summed E-state index contributed by atoms with van der Waals surface area (Å²) < 4.78 is 0. The summed E-state index contributed by atoms with van der Waals surface area (Å²) in [6.07, 6.45) is 5.00. The van der Waals surface area contributed by atoms with Gasteiger partial charge < -0.3 is 5.11 Å². The van der Waals surface area contributed by atoms with Gasteiger partial charge in [0.25, 0.3) is 0 Å². The highest BCUT2D eigenvalue weighted by Gasteiger charge is 2.25. The lowest BCUT2D eigenvalue weighted by molar-refractivity contribution is 0.216. The van der Waals surface area contributed by atoms with Crippen LogP contribution >= 0.6 is 11.3 Å². The van der Waals surface area contributed by atoms with Crippen molar-refractivity contribution in [1.29, 1.82) is 0 Å². The van der Waals surface area contributed by atoms with E-state index in [0.29, 0.717) is 5.92 Å². The standard InChI is InChI=1S/C14H15NOS/c16-13(14-15-8-9-17-14)12-7-2-1-6-11(12)10-4-3-5-10/h1-2,6-10,13,16H,3-5H2. The van der Waals surface area contributed by atoms with Gasteiger partial charge in [-0.05, 0) is 29.9 Å². The van der Waals surface area contributed by atoms with E-state index in [9.17, 15) is 5.11 Å². The van der Waals surface area contributed by atoms with Crippen LogP contribution in [0.5, 0.6) is 0 Å². The Kier molecular flexibility index (Phi) is 2.95. The minimum Gasteiger partial charge on any atom is -0.381 e. The summed E-state index contributed by atoms with van der Waals surface area (Å²) in [5, 5.41) is 13.1. The first-order valence-electron chi connectivity index (χ1n) is 6.02. The van der Waals surface area contributed by atoms with Gasteiger partial charge in [0.2, 0.25) is 0 Å². The van der Waals surface area contributed by atoms with Crippen LogP contribution in [0.25, 0.3) is 0 Å². The second-order valence-corrected chi connectivity index (χ2v) is 5.46. The summed E-state index contributed by atoms with van der Waals surface area (Å²) >= 11 is 1.51. The van der Waals surface area contributed by atoms with E-state index in [1.807, 2.05) is 17.5 Å². The maximum atomic E-state index is 10.4. The molecule has 2 nitrogen and oxygen atoms in total. The van der Waals surface area contributed by atoms with Gasteiger partial charge in [-0.2, -0.15) is 0 Å². The molecule has 0 spiro atoms. The number of aromatic nitrogens is 1. The number of thiazole rings is 1. The number of hydrogen-bond acceptors (Lipinski definition) is 3. The fourth-order valence-corrected chi connectivity index (χ4v) is 2.99. The molecule has 1 aromatic heterocycles. The lowest BCUT2D eigenvalue weighted by atomic mass is 9.77. The van der Waals surface area contributed by atoms with Crippen LogP contribution in [0.15, 0.2) is 35.8 Å². The van der Waals surface area contributed by atoms with Gasteiger partial charge in [0.1, 0.15) is 11.1 Å². The van der Waals surface area contributed by atoms with Gasteiger partial charge in [0, 0.05) is 11.6 Å².